The molecule has 0 bridgehead atoms. The molecule has 0 radical (unpaired) electrons. The lowest BCUT2D eigenvalue weighted by Gasteiger charge is -2.12. The number of para-hydroxylation sites is 3. The van der Waals surface area contributed by atoms with Gasteiger partial charge in [-0.3, -0.25) is 4.79 Å². The highest BCUT2D eigenvalue weighted by Gasteiger charge is 2.14. The van der Waals surface area contributed by atoms with E-state index in [1.54, 1.807) is 36.4 Å². The van der Waals surface area contributed by atoms with Crippen LogP contribution in [-0.2, 0) is 14.3 Å². The number of hydrogen-bond acceptors (Lipinski definition) is 6. The van der Waals surface area contributed by atoms with Gasteiger partial charge in [0.15, 0.2) is 24.7 Å². The Labute approximate surface area is 165 Å². The maximum Gasteiger partial charge on any atom is 0.344 e. The van der Waals surface area contributed by atoms with Crippen molar-refractivity contribution in [2.75, 3.05) is 25.1 Å². The summed E-state index contributed by atoms with van der Waals surface area (Å²) in [7, 11) is 0. The van der Waals surface area contributed by atoms with Crippen LogP contribution in [0.25, 0.3) is 0 Å². The molecule has 2 aromatic carbocycles. The predicted octanol–water partition coefficient (Wildman–Crippen LogP) is 3.96. The molecule has 9 heteroatoms. The Morgan fingerprint density at radius 1 is 1.00 bits per heavy atom. The number of thioether (sulfide) groups is 1. The summed E-state index contributed by atoms with van der Waals surface area (Å²) < 4.78 is 40.7. The molecule has 1 amide bonds. The number of halogens is 2. The van der Waals surface area contributed by atoms with Gasteiger partial charge in [0, 0.05) is 4.90 Å². The molecule has 0 saturated carbocycles. The molecule has 0 aliphatic rings. The second-order valence-corrected chi connectivity index (χ2v) is 6.28. The number of benzene rings is 2. The standard InChI is InChI=1S/C19H19F2NO5S/c1-2-25-14-8-4-5-9-15(14)26-12-18(24)27-11-17(23)22-13-7-3-6-10-16(13)28-19(20)21/h3-10,19H,2,11-12H2,1H3,(H,22,23). The third-order valence-electron chi connectivity index (χ3n) is 3.24. The second kappa shape index (κ2) is 11.1. The van der Waals surface area contributed by atoms with Gasteiger partial charge in [-0.05, 0) is 31.2 Å². The first-order valence-corrected chi connectivity index (χ1v) is 9.21. The molecule has 0 aliphatic heterocycles. The van der Waals surface area contributed by atoms with Crippen molar-refractivity contribution in [1.29, 1.82) is 0 Å². The van der Waals surface area contributed by atoms with E-state index in [2.05, 4.69) is 5.32 Å². The predicted molar refractivity (Wildman–Crippen MR) is 101 cm³/mol. The molecule has 0 heterocycles. The maximum absolute atomic E-state index is 12.6. The average molecular weight is 411 g/mol. The highest BCUT2D eigenvalue weighted by atomic mass is 32.2. The Kier molecular flexibility index (Phi) is 8.54. The Morgan fingerprint density at radius 2 is 1.64 bits per heavy atom. The van der Waals surface area contributed by atoms with Crippen molar-refractivity contribution in [3.05, 3.63) is 48.5 Å². The summed E-state index contributed by atoms with van der Waals surface area (Å²) in [6.45, 7) is 1.29. The van der Waals surface area contributed by atoms with Crippen LogP contribution in [0.15, 0.2) is 53.4 Å². The van der Waals surface area contributed by atoms with Gasteiger partial charge in [-0.1, -0.05) is 36.0 Å². The third kappa shape index (κ3) is 7.07. The van der Waals surface area contributed by atoms with Crippen LogP contribution in [0, 0.1) is 0 Å². The molecule has 6 nitrogen and oxygen atoms in total. The van der Waals surface area contributed by atoms with E-state index in [1.807, 2.05) is 6.92 Å². The van der Waals surface area contributed by atoms with E-state index in [4.69, 9.17) is 14.2 Å². The number of anilines is 1. The van der Waals surface area contributed by atoms with Crippen molar-refractivity contribution in [3.63, 3.8) is 0 Å². The maximum atomic E-state index is 12.6. The van der Waals surface area contributed by atoms with E-state index in [0.29, 0.717) is 29.9 Å². The van der Waals surface area contributed by atoms with Crippen molar-refractivity contribution in [2.45, 2.75) is 17.6 Å². The number of carbonyl (C=O) groups excluding carboxylic acids is 2. The van der Waals surface area contributed by atoms with Gasteiger partial charge in [-0.15, -0.1) is 0 Å². The number of carbonyl (C=O) groups is 2. The van der Waals surface area contributed by atoms with Crippen molar-refractivity contribution in [2.24, 2.45) is 0 Å². The molecule has 150 valence electrons. The van der Waals surface area contributed by atoms with Crippen LogP contribution < -0.4 is 14.8 Å². The summed E-state index contributed by atoms with van der Waals surface area (Å²) >= 11 is 0.315. The number of nitrogens with one attached hydrogen (secondary N) is 1. The van der Waals surface area contributed by atoms with Gasteiger partial charge in [-0.2, -0.15) is 8.78 Å². The zero-order valence-corrected chi connectivity index (χ0v) is 15.8. The van der Waals surface area contributed by atoms with Gasteiger partial charge in [0.05, 0.1) is 12.3 Å². The smallest absolute Gasteiger partial charge is 0.344 e. The SMILES string of the molecule is CCOc1ccccc1OCC(=O)OCC(=O)Nc1ccccc1SC(F)F. The molecule has 0 aliphatic carbocycles. The van der Waals surface area contributed by atoms with Gasteiger partial charge in [0.25, 0.3) is 11.7 Å². The van der Waals surface area contributed by atoms with Gasteiger partial charge in [0.2, 0.25) is 0 Å². The number of esters is 1. The fourth-order valence-corrected chi connectivity index (χ4v) is 2.72. The molecule has 0 fully saturated rings. The van der Waals surface area contributed by atoms with Crippen molar-refractivity contribution >= 4 is 29.3 Å². The van der Waals surface area contributed by atoms with Crippen molar-refractivity contribution in [1.82, 2.24) is 0 Å². The van der Waals surface area contributed by atoms with E-state index in [9.17, 15) is 18.4 Å². The molecule has 2 rings (SSSR count). The fraction of sp³-hybridized carbons (Fsp3) is 0.263. The zero-order valence-electron chi connectivity index (χ0n) is 15.0. The Morgan fingerprint density at radius 3 is 2.32 bits per heavy atom. The van der Waals surface area contributed by atoms with Gasteiger partial charge < -0.3 is 19.5 Å². The van der Waals surface area contributed by atoms with E-state index in [0.717, 1.165) is 0 Å². The van der Waals surface area contributed by atoms with Crippen LogP contribution in [0.4, 0.5) is 14.5 Å². The van der Waals surface area contributed by atoms with Gasteiger partial charge in [0.1, 0.15) is 0 Å². The van der Waals surface area contributed by atoms with Crippen LogP contribution in [0.3, 0.4) is 0 Å². The number of ether oxygens (including phenoxy) is 3. The quantitative estimate of drug-likeness (QED) is 0.471. The van der Waals surface area contributed by atoms with Crippen molar-refractivity contribution < 1.29 is 32.6 Å². The Hall–Kier alpha value is -2.81. The van der Waals surface area contributed by atoms with Crippen LogP contribution in [0.5, 0.6) is 11.5 Å². The largest absolute Gasteiger partial charge is 0.490 e. The summed E-state index contributed by atoms with van der Waals surface area (Å²) in [5, 5.41) is 2.44. The number of alkyl halides is 2. The first-order valence-electron chi connectivity index (χ1n) is 8.33. The topological polar surface area (TPSA) is 73.9 Å². The molecule has 28 heavy (non-hydrogen) atoms. The fourth-order valence-electron chi connectivity index (χ4n) is 2.12. The Bertz CT molecular complexity index is 803. The summed E-state index contributed by atoms with van der Waals surface area (Å²) in [4.78, 5) is 23.9. The van der Waals surface area contributed by atoms with Gasteiger partial charge >= 0.3 is 5.97 Å². The van der Waals surface area contributed by atoms with Crippen LogP contribution in [0.1, 0.15) is 6.92 Å². The van der Waals surface area contributed by atoms with E-state index in [-0.39, 0.29) is 10.6 Å². The summed E-state index contributed by atoms with van der Waals surface area (Å²) in [5.74, 6) is -3.15. The highest BCUT2D eigenvalue weighted by Crippen LogP contribution is 2.31. The zero-order chi connectivity index (χ0) is 20.4. The molecule has 0 spiro atoms. The van der Waals surface area contributed by atoms with E-state index >= 15 is 0 Å². The molecule has 0 aromatic heterocycles. The molecule has 1 N–H and O–H groups in total. The molecule has 0 unspecified atom stereocenters. The molecular weight excluding hydrogens is 392 g/mol. The molecule has 0 saturated heterocycles. The molecular formula is C19H19F2NO5S. The molecule has 0 atom stereocenters. The number of hydrogen-bond donors (Lipinski definition) is 1. The lowest BCUT2D eigenvalue weighted by molar-refractivity contribution is -0.149. The van der Waals surface area contributed by atoms with Crippen LogP contribution >= 0.6 is 11.8 Å². The summed E-state index contributed by atoms with van der Waals surface area (Å²) in [6.07, 6.45) is 0. The first-order chi connectivity index (χ1) is 13.5. The summed E-state index contributed by atoms with van der Waals surface area (Å²) in [5.41, 5.74) is 0.218. The van der Waals surface area contributed by atoms with E-state index < -0.39 is 30.8 Å². The minimum atomic E-state index is -2.62. The Balaban J connectivity index is 1.81. The lowest BCUT2D eigenvalue weighted by atomic mass is 10.3. The minimum absolute atomic E-state index is 0.216. The monoisotopic (exact) mass is 411 g/mol. The minimum Gasteiger partial charge on any atom is -0.490 e. The lowest BCUT2D eigenvalue weighted by Crippen LogP contribution is -2.24. The van der Waals surface area contributed by atoms with Crippen LogP contribution in [0.2, 0.25) is 0 Å². The van der Waals surface area contributed by atoms with Gasteiger partial charge in [-0.25, -0.2) is 4.79 Å². The number of amides is 1. The highest BCUT2D eigenvalue weighted by molar-refractivity contribution is 7.99. The summed E-state index contributed by atoms with van der Waals surface area (Å²) in [6, 6.07) is 13.0. The molecule has 2 aromatic rings. The van der Waals surface area contributed by atoms with E-state index in [1.165, 1.54) is 12.1 Å². The normalized spacial score (nSPS) is 10.4. The third-order valence-corrected chi connectivity index (χ3v) is 4.02. The number of rotatable bonds is 10. The second-order valence-electron chi connectivity index (χ2n) is 5.25. The first kappa shape index (κ1) is 21.5. The van der Waals surface area contributed by atoms with Crippen LogP contribution in [-0.4, -0.2) is 37.5 Å². The average Bonchev–Trinajstić information content (AvgIpc) is 2.67. The van der Waals surface area contributed by atoms with Crippen molar-refractivity contribution in [3.8, 4) is 11.5 Å².